The zero-order chi connectivity index (χ0) is 7.56. The van der Waals surface area contributed by atoms with Gasteiger partial charge in [-0.1, -0.05) is 0 Å². The van der Waals surface area contributed by atoms with Crippen LogP contribution in [0.5, 0.6) is 0 Å². The van der Waals surface area contributed by atoms with Crippen molar-refractivity contribution in [3.8, 4) is 0 Å². The lowest BCUT2D eigenvalue weighted by Crippen LogP contribution is -1.88. The van der Waals surface area contributed by atoms with Gasteiger partial charge in [-0.05, 0) is 44.0 Å². The second-order valence-electron chi connectivity index (χ2n) is 1.75. The third-order valence-electron chi connectivity index (χ3n) is 1.05. The largest absolute Gasteiger partial charge is 0.388 e. The van der Waals surface area contributed by atoms with Crippen molar-refractivity contribution in [3.63, 3.8) is 0 Å². The quantitative estimate of drug-likeness (QED) is 0.790. The predicted molar refractivity (Wildman–Crippen MR) is 49.2 cm³/mol. The van der Waals surface area contributed by atoms with Gasteiger partial charge in [0, 0.05) is 12.7 Å². The number of nitrogens with one attached hydrogen (secondary N) is 1. The average Bonchev–Trinajstić information content (AvgIpc) is 1.85. The van der Waals surface area contributed by atoms with Gasteiger partial charge in [-0.25, -0.2) is 4.98 Å². The number of rotatable bonds is 1. The summed E-state index contributed by atoms with van der Waals surface area (Å²) in [5, 5.41) is 3.01. The molecule has 0 bridgehead atoms. The molecular weight excluding hydrogens is 260 g/mol. The van der Waals surface area contributed by atoms with Crippen molar-refractivity contribution >= 4 is 37.5 Å². The van der Waals surface area contributed by atoms with Crippen LogP contribution in [0.15, 0.2) is 21.3 Å². The highest BCUT2D eigenvalue weighted by Gasteiger charge is 1.94. The Hall–Kier alpha value is -0.0900. The van der Waals surface area contributed by atoms with Crippen molar-refractivity contribution in [2.75, 3.05) is 12.4 Å². The Labute approximate surface area is 76.3 Å². The van der Waals surface area contributed by atoms with E-state index in [0.717, 1.165) is 14.9 Å². The fourth-order valence-electron chi connectivity index (χ4n) is 0.609. The van der Waals surface area contributed by atoms with Crippen LogP contribution < -0.4 is 5.32 Å². The molecule has 2 nitrogen and oxygen atoms in total. The number of anilines is 1. The Morgan fingerprint density at radius 1 is 1.30 bits per heavy atom. The minimum absolute atomic E-state index is 0.825. The summed E-state index contributed by atoms with van der Waals surface area (Å²) >= 11 is 6.55. The first-order valence-electron chi connectivity index (χ1n) is 2.73. The summed E-state index contributed by atoms with van der Waals surface area (Å²) in [6, 6.07) is 3.82. The molecule has 0 aromatic carbocycles. The molecule has 0 atom stereocenters. The Balaban J connectivity index is 3.06. The zero-order valence-electron chi connectivity index (χ0n) is 5.36. The number of aromatic nitrogens is 1. The van der Waals surface area contributed by atoms with Crippen molar-refractivity contribution in [2.45, 2.75) is 0 Å². The van der Waals surface area contributed by atoms with Crippen LogP contribution in [-0.2, 0) is 0 Å². The molecule has 0 saturated heterocycles. The number of hydrogen-bond donors (Lipinski definition) is 1. The molecule has 1 N–H and O–H groups in total. The van der Waals surface area contributed by atoms with Gasteiger partial charge in [0.2, 0.25) is 0 Å². The highest BCUT2D eigenvalue weighted by atomic mass is 79.9. The standard InChI is InChI=1S/C6H6Br2N2/c1-9-4-2-5(7)10-6(8)3-4/h2-3H,1H3,(H,9,10). The summed E-state index contributed by atoms with van der Waals surface area (Å²) < 4.78 is 1.65. The lowest BCUT2D eigenvalue weighted by molar-refractivity contribution is 1.23. The van der Waals surface area contributed by atoms with E-state index in [1.807, 2.05) is 19.2 Å². The molecule has 1 heterocycles. The van der Waals surface area contributed by atoms with E-state index in [4.69, 9.17) is 0 Å². The first kappa shape index (κ1) is 8.01. The monoisotopic (exact) mass is 264 g/mol. The summed E-state index contributed by atoms with van der Waals surface area (Å²) in [6.45, 7) is 0. The van der Waals surface area contributed by atoms with Crippen LogP contribution in [0.4, 0.5) is 5.69 Å². The summed E-state index contributed by atoms with van der Waals surface area (Å²) in [7, 11) is 1.87. The van der Waals surface area contributed by atoms with Crippen LogP contribution in [-0.4, -0.2) is 12.0 Å². The molecule has 0 aliphatic heterocycles. The normalized spacial score (nSPS) is 9.50. The van der Waals surface area contributed by atoms with E-state index in [0.29, 0.717) is 0 Å². The van der Waals surface area contributed by atoms with E-state index in [1.54, 1.807) is 0 Å². The summed E-state index contributed by atoms with van der Waals surface area (Å²) in [5.41, 5.74) is 1.04. The molecule has 0 saturated carbocycles. The molecule has 10 heavy (non-hydrogen) atoms. The van der Waals surface area contributed by atoms with E-state index >= 15 is 0 Å². The van der Waals surface area contributed by atoms with Gasteiger partial charge in [0.15, 0.2) is 0 Å². The van der Waals surface area contributed by atoms with Crippen molar-refractivity contribution in [3.05, 3.63) is 21.3 Å². The van der Waals surface area contributed by atoms with Gasteiger partial charge < -0.3 is 5.32 Å². The van der Waals surface area contributed by atoms with Gasteiger partial charge in [0.1, 0.15) is 9.21 Å². The van der Waals surface area contributed by atoms with Crippen LogP contribution >= 0.6 is 31.9 Å². The second kappa shape index (κ2) is 3.34. The molecule has 0 spiro atoms. The molecule has 0 aliphatic carbocycles. The van der Waals surface area contributed by atoms with Gasteiger partial charge in [0.25, 0.3) is 0 Å². The SMILES string of the molecule is CNc1cc(Br)nc(Br)c1. The highest BCUT2D eigenvalue weighted by molar-refractivity contribution is 9.11. The Kier molecular flexibility index (Phi) is 2.68. The van der Waals surface area contributed by atoms with E-state index < -0.39 is 0 Å². The van der Waals surface area contributed by atoms with Crippen molar-refractivity contribution in [2.24, 2.45) is 0 Å². The van der Waals surface area contributed by atoms with Gasteiger partial charge in [-0.3, -0.25) is 0 Å². The maximum atomic E-state index is 4.08. The van der Waals surface area contributed by atoms with E-state index in [1.165, 1.54) is 0 Å². The minimum atomic E-state index is 0.825. The number of nitrogens with zero attached hydrogens (tertiary/aromatic N) is 1. The summed E-state index contributed by atoms with van der Waals surface area (Å²) in [4.78, 5) is 4.08. The fourth-order valence-corrected chi connectivity index (χ4v) is 1.72. The molecular formula is C6H6Br2N2. The van der Waals surface area contributed by atoms with E-state index in [2.05, 4.69) is 42.2 Å². The number of hydrogen-bond acceptors (Lipinski definition) is 2. The molecule has 0 fully saturated rings. The Morgan fingerprint density at radius 2 is 1.80 bits per heavy atom. The maximum absolute atomic E-state index is 4.08. The third kappa shape index (κ3) is 1.95. The predicted octanol–water partition coefficient (Wildman–Crippen LogP) is 2.65. The van der Waals surface area contributed by atoms with Crippen LogP contribution in [0, 0.1) is 0 Å². The molecule has 1 aromatic heterocycles. The van der Waals surface area contributed by atoms with Crippen molar-refractivity contribution < 1.29 is 0 Å². The summed E-state index contributed by atoms with van der Waals surface area (Å²) in [6.07, 6.45) is 0. The molecule has 1 aromatic rings. The van der Waals surface area contributed by atoms with Gasteiger partial charge in [0.05, 0.1) is 0 Å². The van der Waals surface area contributed by atoms with Crippen LogP contribution in [0.25, 0.3) is 0 Å². The lowest BCUT2D eigenvalue weighted by atomic mass is 10.4. The summed E-state index contributed by atoms with van der Waals surface area (Å²) in [5.74, 6) is 0. The number of halogens is 2. The Bertz CT molecular complexity index is 217. The van der Waals surface area contributed by atoms with Crippen molar-refractivity contribution in [1.82, 2.24) is 4.98 Å². The molecule has 4 heteroatoms. The highest BCUT2D eigenvalue weighted by Crippen LogP contribution is 2.18. The molecule has 54 valence electrons. The van der Waals surface area contributed by atoms with Gasteiger partial charge in [-0.2, -0.15) is 0 Å². The minimum Gasteiger partial charge on any atom is -0.388 e. The van der Waals surface area contributed by atoms with Crippen LogP contribution in [0.1, 0.15) is 0 Å². The number of pyridine rings is 1. The Morgan fingerprint density at radius 3 is 2.20 bits per heavy atom. The fraction of sp³-hybridized carbons (Fsp3) is 0.167. The average molecular weight is 266 g/mol. The molecule has 1 rings (SSSR count). The molecule has 0 unspecified atom stereocenters. The van der Waals surface area contributed by atoms with E-state index in [-0.39, 0.29) is 0 Å². The maximum Gasteiger partial charge on any atom is 0.109 e. The smallest absolute Gasteiger partial charge is 0.109 e. The third-order valence-corrected chi connectivity index (χ3v) is 1.86. The second-order valence-corrected chi connectivity index (χ2v) is 3.38. The van der Waals surface area contributed by atoms with Crippen molar-refractivity contribution in [1.29, 1.82) is 0 Å². The van der Waals surface area contributed by atoms with Crippen LogP contribution in [0.3, 0.4) is 0 Å². The molecule has 0 radical (unpaired) electrons. The molecule has 0 amide bonds. The first-order chi connectivity index (χ1) is 4.72. The van der Waals surface area contributed by atoms with E-state index in [9.17, 15) is 0 Å². The first-order valence-corrected chi connectivity index (χ1v) is 4.32. The molecule has 0 aliphatic rings. The topological polar surface area (TPSA) is 24.9 Å². The van der Waals surface area contributed by atoms with Gasteiger partial charge in [-0.15, -0.1) is 0 Å². The lowest BCUT2D eigenvalue weighted by Gasteiger charge is -1.99. The zero-order valence-corrected chi connectivity index (χ0v) is 8.53. The van der Waals surface area contributed by atoms with Gasteiger partial charge >= 0.3 is 0 Å². The van der Waals surface area contributed by atoms with Crippen LogP contribution in [0.2, 0.25) is 0 Å².